The first-order valence-corrected chi connectivity index (χ1v) is 6.39. The van der Waals surface area contributed by atoms with Crippen molar-refractivity contribution in [3.8, 4) is 5.69 Å². The lowest BCUT2D eigenvalue weighted by Crippen LogP contribution is -1.96. The summed E-state index contributed by atoms with van der Waals surface area (Å²) in [6.07, 6.45) is 3.77. The molecule has 86 valence electrons. The fourth-order valence-corrected chi connectivity index (χ4v) is 2.20. The topological polar surface area (TPSA) is 48.5 Å². The van der Waals surface area contributed by atoms with Gasteiger partial charge in [-0.2, -0.15) is 5.10 Å². The van der Waals surface area contributed by atoms with E-state index in [0.717, 1.165) is 26.8 Å². The molecule has 0 aliphatic carbocycles. The molecule has 3 rings (SSSR count). The van der Waals surface area contributed by atoms with Crippen molar-refractivity contribution < 1.29 is 0 Å². The Kier molecular flexibility index (Phi) is 2.58. The monoisotopic (exact) mass is 339 g/mol. The SMILES string of the molecule is CCn1cc(-n2nnc3cc(I)ccc32)cn1. The van der Waals surface area contributed by atoms with E-state index < -0.39 is 0 Å². The number of benzene rings is 1. The van der Waals surface area contributed by atoms with Gasteiger partial charge < -0.3 is 0 Å². The van der Waals surface area contributed by atoms with Gasteiger partial charge in [0.05, 0.1) is 17.9 Å². The van der Waals surface area contributed by atoms with Gasteiger partial charge in [0, 0.05) is 10.1 Å². The summed E-state index contributed by atoms with van der Waals surface area (Å²) in [4.78, 5) is 0. The molecule has 2 heterocycles. The first-order chi connectivity index (χ1) is 8.28. The number of fused-ring (bicyclic) bond motifs is 1. The van der Waals surface area contributed by atoms with Crippen LogP contribution in [0.5, 0.6) is 0 Å². The van der Waals surface area contributed by atoms with E-state index in [2.05, 4.69) is 44.9 Å². The van der Waals surface area contributed by atoms with E-state index in [0.29, 0.717) is 0 Å². The molecule has 0 aliphatic rings. The minimum absolute atomic E-state index is 0.852. The maximum atomic E-state index is 4.24. The van der Waals surface area contributed by atoms with Crippen molar-refractivity contribution in [3.05, 3.63) is 34.2 Å². The molecule has 0 saturated carbocycles. The normalized spacial score (nSPS) is 11.2. The van der Waals surface area contributed by atoms with Crippen LogP contribution >= 0.6 is 22.6 Å². The van der Waals surface area contributed by atoms with E-state index in [4.69, 9.17) is 0 Å². The second kappa shape index (κ2) is 4.10. The number of rotatable bonds is 2. The molecule has 0 spiro atoms. The first-order valence-electron chi connectivity index (χ1n) is 5.31. The highest BCUT2D eigenvalue weighted by atomic mass is 127. The average molecular weight is 339 g/mol. The Balaban J connectivity index is 2.17. The fraction of sp³-hybridized carbons (Fsp3) is 0.182. The van der Waals surface area contributed by atoms with Crippen LogP contribution in [0.25, 0.3) is 16.7 Å². The maximum Gasteiger partial charge on any atom is 0.114 e. The van der Waals surface area contributed by atoms with E-state index in [9.17, 15) is 0 Å². The zero-order chi connectivity index (χ0) is 11.8. The predicted molar refractivity (Wildman–Crippen MR) is 73.0 cm³/mol. The van der Waals surface area contributed by atoms with Gasteiger partial charge in [0.15, 0.2) is 0 Å². The Morgan fingerprint density at radius 2 is 2.24 bits per heavy atom. The zero-order valence-electron chi connectivity index (χ0n) is 9.21. The highest BCUT2D eigenvalue weighted by Gasteiger charge is 2.08. The van der Waals surface area contributed by atoms with Gasteiger partial charge in [0.25, 0.3) is 0 Å². The van der Waals surface area contributed by atoms with Gasteiger partial charge in [-0.3, -0.25) is 4.68 Å². The molecule has 1 aromatic carbocycles. The number of hydrogen-bond donors (Lipinski definition) is 0. The van der Waals surface area contributed by atoms with Crippen LogP contribution in [-0.4, -0.2) is 24.8 Å². The molecule has 0 N–H and O–H groups in total. The molecule has 0 fully saturated rings. The minimum Gasteiger partial charge on any atom is -0.271 e. The van der Waals surface area contributed by atoms with Gasteiger partial charge >= 0.3 is 0 Å². The summed E-state index contributed by atoms with van der Waals surface area (Å²) in [6, 6.07) is 6.09. The third kappa shape index (κ3) is 1.82. The summed E-state index contributed by atoms with van der Waals surface area (Å²) in [5, 5.41) is 12.6. The molecule has 0 bridgehead atoms. The number of aromatic nitrogens is 5. The van der Waals surface area contributed by atoms with Crippen LogP contribution in [0.15, 0.2) is 30.6 Å². The fourth-order valence-electron chi connectivity index (χ4n) is 1.72. The molecule has 0 radical (unpaired) electrons. The summed E-state index contributed by atoms with van der Waals surface area (Å²) in [5.41, 5.74) is 2.85. The van der Waals surface area contributed by atoms with Crippen LogP contribution in [0.3, 0.4) is 0 Å². The van der Waals surface area contributed by atoms with Crippen LogP contribution in [0, 0.1) is 3.57 Å². The van der Waals surface area contributed by atoms with Crippen LogP contribution in [0.2, 0.25) is 0 Å². The smallest absolute Gasteiger partial charge is 0.114 e. The highest BCUT2D eigenvalue weighted by Crippen LogP contribution is 2.18. The largest absolute Gasteiger partial charge is 0.271 e. The van der Waals surface area contributed by atoms with E-state index >= 15 is 0 Å². The Morgan fingerprint density at radius 1 is 1.35 bits per heavy atom. The molecule has 2 aromatic heterocycles. The van der Waals surface area contributed by atoms with E-state index in [-0.39, 0.29) is 0 Å². The summed E-state index contributed by atoms with van der Waals surface area (Å²) >= 11 is 2.27. The lowest BCUT2D eigenvalue weighted by Gasteiger charge is -1.97. The Morgan fingerprint density at radius 3 is 3.00 bits per heavy atom. The Bertz CT molecular complexity index is 669. The number of halogens is 1. The molecule has 0 atom stereocenters. The predicted octanol–water partition coefficient (Wildman–Crippen LogP) is 2.24. The van der Waals surface area contributed by atoms with E-state index in [1.54, 1.807) is 6.20 Å². The molecular formula is C11H10IN5. The van der Waals surface area contributed by atoms with E-state index in [1.807, 2.05) is 33.8 Å². The second-order valence-corrected chi connectivity index (χ2v) is 4.93. The molecule has 5 nitrogen and oxygen atoms in total. The highest BCUT2D eigenvalue weighted by molar-refractivity contribution is 14.1. The van der Waals surface area contributed by atoms with Gasteiger partial charge in [0.1, 0.15) is 11.2 Å². The zero-order valence-corrected chi connectivity index (χ0v) is 11.4. The Labute approximate surface area is 112 Å². The maximum absolute atomic E-state index is 4.24. The molecule has 6 heteroatoms. The Hall–Kier alpha value is -1.44. The molecule has 17 heavy (non-hydrogen) atoms. The van der Waals surface area contributed by atoms with Gasteiger partial charge in [-0.15, -0.1) is 5.10 Å². The summed E-state index contributed by atoms with van der Waals surface area (Å²) in [5.74, 6) is 0. The van der Waals surface area contributed by atoms with Crippen molar-refractivity contribution in [3.63, 3.8) is 0 Å². The lowest BCUT2D eigenvalue weighted by molar-refractivity contribution is 0.659. The third-order valence-corrected chi connectivity index (χ3v) is 3.27. The quantitative estimate of drug-likeness (QED) is 0.673. The van der Waals surface area contributed by atoms with Crippen molar-refractivity contribution in [2.45, 2.75) is 13.5 Å². The summed E-state index contributed by atoms with van der Waals surface area (Å²) in [6.45, 7) is 2.91. The lowest BCUT2D eigenvalue weighted by atomic mass is 10.3. The van der Waals surface area contributed by atoms with Gasteiger partial charge in [-0.05, 0) is 47.7 Å². The molecule has 0 saturated heterocycles. The van der Waals surface area contributed by atoms with Crippen molar-refractivity contribution >= 4 is 33.6 Å². The van der Waals surface area contributed by atoms with Gasteiger partial charge in [-0.1, -0.05) is 5.21 Å². The van der Waals surface area contributed by atoms with Crippen LogP contribution in [-0.2, 0) is 6.54 Å². The number of nitrogens with zero attached hydrogens (tertiary/aromatic N) is 5. The minimum atomic E-state index is 0.852. The average Bonchev–Trinajstić information content (AvgIpc) is 2.93. The van der Waals surface area contributed by atoms with Gasteiger partial charge in [0.2, 0.25) is 0 Å². The standard InChI is InChI=1S/C11H10IN5/c1-2-16-7-9(6-13-16)17-11-4-3-8(12)5-10(11)14-15-17/h3-7H,2H2,1H3. The third-order valence-electron chi connectivity index (χ3n) is 2.60. The summed E-state index contributed by atoms with van der Waals surface area (Å²) < 4.78 is 4.84. The van der Waals surface area contributed by atoms with Gasteiger partial charge in [-0.25, -0.2) is 4.68 Å². The van der Waals surface area contributed by atoms with Crippen LogP contribution < -0.4 is 0 Å². The van der Waals surface area contributed by atoms with E-state index in [1.165, 1.54) is 0 Å². The molecule has 0 unspecified atom stereocenters. The van der Waals surface area contributed by atoms with Crippen molar-refractivity contribution in [1.82, 2.24) is 24.8 Å². The number of hydrogen-bond acceptors (Lipinski definition) is 3. The second-order valence-electron chi connectivity index (χ2n) is 3.69. The molecule has 0 aliphatic heterocycles. The first kappa shape index (κ1) is 10.7. The molecule has 3 aromatic rings. The van der Waals surface area contributed by atoms with Crippen molar-refractivity contribution in [2.24, 2.45) is 0 Å². The summed E-state index contributed by atoms with van der Waals surface area (Å²) in [7, 11) is 0. The molecule has 0 amide bonds. The van der Waals surface area contributed by atoms with Crippen molar-refractivity contribution in [1.29, 1.82) is 0 Å². The molecular weight excluding hydrogens is 329 g/mol. The van der Waals surface area contributed by atoms with Crippen LogP contribution in [0.4, 0.5) is 0 Å². The number of aryl methyl sites for hydroxylation is 1. The van der Waals surface area contributed by atoms with Crippen LogP contribution in [0.1, 0.15) is 6.92 Å². The van der Waals surface area contributed by atoms with Crippen molar-refractivity contribution in [2.75, 3.05) is 0 Å².